The fraction of sp³-hybridized carbons (Fsp3) is 0.409. The van der Waals surface area contributed by atoms with Gasteiger partial charge in [-0.05, 0) is 54.5 Å². The summed E-state index contributed by atoms with van der Waals surface area (Å²) in [5, 5.41) is 0. The summed E-state index contributed by atoms with van der Waals surface area (Å²) < 4.78 is 19.9. The lowest BCUT2D eigenvalue weighted by atomic mass is 9.88. The maximum atomic E-state index is 13.5. The van der Waals surface area contributed by atoms with E-state index in [4.69, 9.17) is 15.5 Å². The Hall–Kier alpha value is -2.40. The monoisotopic (exact) mass is 365 g/mol. The maximum absolute atomic E-state index is 13.5. The molecule has 2 aromatic carbocycles. The highest BCUT2D eigenvalue weighted by molar-refractivity contribution is 5.78. The minimum atomic E-state index is -0.334. The average Bonchev–Trinajstić information content (AvgIpc) is 3.28. The predicted molar refractivity (Wildman–Crippen MR) is 103 cm³/mol. The molecule has 2 aliphatic heterocycles. The van der Waals surface area contributed by atoms with Crippen LogP contribution in [0, 0.1) is 5.82 Å². The van der Waals surface area contributed by atoms with Crippen LogP contribution in [-0.4, -0.2) is 35.7 Å². The number of nitrogens with zero attached hydrogens (tertiary/aromatic N) is 2. The summed E-state index contributed by atoms with van der Waals surface area (Å²) >= 11 is 0. The summed E-state index contributed by atoms with van der Waals surface area (Å²) in [5.74, 6) is -0.222. The number of halogens is 1. The van der Waals surface area contributed by atoms with Crippen LogP contribution >= 0.6 is 0 Å². The number of benzene rings is 2. The molecular weight excluding hydrogens is 341 g/mol. The van der Waals surface area contributed by atoms with Crippen molar-refractivity contribution in [1.82, 2.24) is 4.90 Å². The summed E-state index contributed by atoms with van der Waals surface area (Å²) in [6, 6.07) is 15.9. The third-order valence-corrected chi connectivity index (χ3v) is 6.28. The zero-order valence-corrected chi connectivity index (χ0v) is 15.3. The van der Waals surface area contributed by atoms with Crippen LogP contribution in [0.1, 0.15) is 42.0 Å². The van der Waals surface area contributed by atoms with Gasteiger partial charge in [0, 0.05) is 12.6 Å². The van der Waals surface area contributed by atoms with Crippen LogP contribution < -0.4 is 5.73 Å². The van der Waals surface area contributed by atoms with E-state index in [9.17, 15) is 4.39 Å². The molecule has 0 radical (unpaired) electrons. The molecule has 1 aliphatic carbocycles. The first kappa shape index (κ1) is 16.8. The lowest BCUT2D eigenvalue weighted by molar-refractivity contribution is 0.0551. The van der Waals surface area contributed by atoms with Gasteiger partial charge in [0.1, 0.15) is 11.4 Å². The minimum absolute atomic E-state index is 0.0259. The van der Waals surface area contributed by atoms with Crippen molar-refractivity contribution in [3.8, 4) is 0 Å². The zero-order valence-electron chi connectivity index (χ0n) is 15.3. The van der Waals surface area contributed by atoms with Gasteiger partial charge in [-0.25, -0.2) is 9.38 Å². The number of hydrogen-bond acceptors (Lipinski definition) is 4. The third kappa shape index (κ3) is 2.72. The van der Waals surface area contributed by atoms with Crippen LogP contribution in [0.3, 0.4) is 0 Å². The number of ether oxygens (including phenoxy) is 1. The molecule has 1 saturated carbocycles. The molecule has 0 bridgehead atoms. The second kappa shape index (κ2) is 6.34. The number of rotatable bonds is 1. The van der Waals surface area contributed by atoms with Crippen molar-refractivity contribution in [3.05, 3.63) is 71.0 Å². The van der Waals surface area contributed by atoms with Crippen molar-refractivity contribution in [2.75, 3.05) is 13.1 Å². The Morgan fingerprint density at radius 3 is 2.74 bits per heavy atom. The summed E-state index contributed by atoms with van der Waals surface area (Å²) in [6.45, 7) is 1.46. The quantitative estimate of drug-likeness (QED) is 0.843. The Morgan fingerprint density at radius 2 is 1.96 bits per heavy atom. The Labute approximate surface area is 158 Å². The van der Waals surface area contributed by atoms with Crippen LogP contribution in [0.15, 0.2) is 53.5 Å². The van der Waals surface area contributed by atoms with E-state index in [-0.39, 0.29) is 23.5 Å². The molecule has 1 fully saturated rings. The Morgan fingerprint density at radius 1 is 1.15 bits per heavy atom. The van der Waals surface area contributed by atoms with E-state index in [1.54, 1.807) is 0 Å². The topological polar surface area (TPSA) is 50.8 Å². The molecule has 140 valence electrons. The van der Waals surface area contributed by atoms with Gasteiger partial charge in [0.15, 0.2) is 0 Å². The highest BCUT2D eigenvalue weighted by atomic mass is 19.1. The average molecular weight is 365 g/mol. The molecule has 3 aliphatic rings. The summed E-state index contributed by atoms with van der Waals surface area (Å²) in [4.78, 5) is 7.01. The molecule has 27 heavy (non-hydrogen) atoms. The Bertz CT molecular complexity index is 881. The molecule has 0 aromatic heterocycles. The molecule has 0 unspecified atom stereocenters. The van der Waals surface area contributed by atoms with E-state index < -0.39 is 0 Å². The molecular formula is C22H24FN3O. The number of nitrogens with two attached hydrogens (primary N) is 1. The van der Waals surface area contributed by atoms with Crippen molar-refractivity contribution < 1.29 is 9.13 Å². The smallest absolute Gasteiger partial charge is 0.288 e. The van der Waals surface area contributed by atoms with Crippen molar-refractivity contribution in [1.29, 1.82) is 0 Å². The van der Waals surface area contributed by atoms with E-state index in [2.05, 4.69) is 29.2 Å². The lowest BCUT2D eigenvalue weighted by Gasteiger charge is -2.39. The first-order valence-electron chi connectivity index (χ1n) is 9.75. The number of amidine groups is 1. The molecule has 5 rings (SSSR count). The van der Waals surface area contributed by atoms with Crippen molar-refractivity contribution in [3.63, 3.8) is 0 Å². The molecule has 3 atom stereocenters. The predicted octanol–water partition coefficient (Wildman–Crippen LogP) is 3.41. The molecule has 0 amide bonds. The first-order valence-corrected chi connectivity index (χ1v) is 9.75. The van der Waals surface area contributed by atoms with Crippen molar-refractivity contribution >= 4 is 6.02 Å². The lowest BCUT2D eigenvalue weighted by Crippen LogP contribution is -2.49. The highest BCUT2D eigenvalue weighted by Gasteiger charge is 2.49. The first-order chi connectivity index (χ1) is 13.2. The second-order valence-corrected chi connectivity index (χ2v) is 7.86. The van der Waals surface area contributed by atoms with Crippen LogP contribution in [0.2, 0.25) is 0 Å². The largest absolute Gasteiger partial charge is 0.455 e. The van der Waals surface area contributed by atoms with E-state index in [0.717, 1.165) is 37.8 Å². The van der Waals surface area contributed by atoms with Gasteiger partial charge in [-0.3, -0.25) is 0 Å². The van der Waals surface area contributed by atoms with Crippen LogP contribution in [0.4, 0.5) is 4.39 Å². The van der Waals surface area contributed by atoms with E-state index >= 15 is 0 Å². The molecule has 4 nitrogen and oxygen atoms in total. The van der Waals surface area contributed by atoms with E-state index in [1.807, 2.05) is 12.1 Å². The molecule has 2 N–H and O–H groups in total. The van der Waals surface area contributed by atoms with Crippen molar-refractivity contribution in [2.45, 2.75) is 43.4 Å². The normalized spacial score (nSPS) is 29.6. The van der Waals surface area contributed by atoms with Crippen LogP contribution in [0.5, 0.6) is 0 Å². The molecule has 5 heteroatoms. The van der Waals surface area contributed by atoms with Gasteiger partial charge in [-0.1, -0.05) is 36.4 Å². The van der Waals surface area contributed by atoms with Gasteiger partial charge in [0.05, 0.1) is 12.6 Å². The third-order valence-electron chi connectivity index (χ3n) is 6.28. The van der Waals surface area contributed by atoms with E-state index in [1.165, 1.54) is 23.3 Å². The van der Waals surface area contributed by atoms with Gasteiger partial charge >= 0.3 is 0 Å². The number of aliphatic imine (C=N–C) groups is 1. The fourth-order valence-corrected chi connectivity index (χ4v) is 4.77. The standard InChI is InChI=1S/C22H24FN3O/c23-17-9-7-16(8-10-17)20-18-5-2-1-4-15(18)11-13-26(20)21-25-14-22(27-21)12-3-6-19(22)24/h1-2,4-5,7-10,19-20H,3,6,11-14,24H2/t19-,20+,22+/m1/s1. The molecule has 0 saturated heterocycles. The SMILES string of the molecule is N[C@@H]1CCC[C@]12CN=C(N1CCc3ccccc3[C@@H]1c1ccc(F)cc1)O2. The van der Waals surface area contributed by atoms with Gasteiger partial charge in [-0.2, -0.15) is 0 Å². The zero-order chi connectivity index (χ0) is 18.4. The van der Waals surface area contributed by atoms with Crippen LogP contribution in [-0.2, 0) is 11.2 Å². The van der Waals surface area contributed by atoms with Gasteiger partial charge in [0.25, 0.3) is 6.02 Å². The van der Waals surface area contributed by atoms with Gasteiger partial charge in [-0.15, -0.1) is 0 Å². The van der Waals surface area contributed by atoms with Gasteiger partial charge < -0.3 is 15.4 Å². The maximum Gasteiger partial charge on any atom is 0.288 e. The van der Waals surface area contributed by atoms with Crippen molar-refractivity contribution in [2.24, 2.45) is 10.7 Å². The van der Waals surface area contributed by atoms with Gasteiger partial charge in [0.2, 0.25) is 0 Å². The summed E-state index contributed by atoms with van der Waals surface area (Å²) in [6.07, 6.45) is 3.99. The fourth-order valence-electron chi connectivity index (χ4n) is 4.77. The summed E-state index contributed by atoms with van der Waals surface area (Å²) in [7, 11) is 0. The van der Waals surface area contributed by atoms with Crippen LogP contribution in [0.25, 0.3) is 0 Å². The molecule has 2 aromatic rings. The van der Waals surface area contributed by atoms with E-state index in [0.29, 0.717) is 12.6 Å². The minimum Gasteiger partial charge on any atom is -0.455 e. The second-order valence-electron chi connectivity index (χ2n) is 7.86. The number of hydrogen-bond donors (Lipinski definition) is 1. The Kier molecular flexibility index (Phi) is 3.93. The molecule has 2 heterocycles. The highest BCUT2D eigenvalue weighted by Crippen LogP contribution is 2.41. The Balaban J connectivity index is 1.52. The number of fused-ring (bicyclic) bond motifs is 1. The summed E-state index contributed by atoms with van der Waals surface area (Å²) in [5.41, 5.74) is 9.62. The molecule has 1 spiro atoms.